The van der Waals surface area contributed by atoms with Crippen LogP contribution in [0.5, 0.6) is 0 Å². The largest absolute Gasteiger partial charge is 0.356 e. The molecular formula is C32H44N8O2S. The Hall–Kier alpha value is -4.12. The van der Waals surface area contributed by atoms with E-state index in [1.807, 2.05) is 43.3 Å². The molecule has 0 saturated heterocycles. The third kappa shape index (κ3) is 13.2. The molecule has 0 aliphatic rings. The Balaban J connectivity index is 1.30. The number of amides is 2. The van der Waals surface area contributed by atoms with Crippen LogP contribution in [0.15, 0.2) is 77.0 Å². The highest BCUT2D eigenvalue weighted by Gasteiger charge is 2.09. The number of aromatic nitrogens is 2. The SMILES string of the molecule is CN=C(NCCCCCCCCN=C(NCCSCc1nc[nH]c1C)NC(=O)c1ccccc1)NC(=O)c1ccccc1. The van der Waals surface area contributed by atoms with Gasteiger partial charge in [-0.15, -0.1) is 0 Å². The van der Waals surface area contributed by atoms with Crippen molar-refractivity contribution in [3.8, 4) is 0 Å². The molecular weight excluding hydrogens is 560 g/mol. The fourth-order valence-corrected chi connectivity index (χ4v) is 5.02. The minimum absolute atomic E-state index is 0.170. The van der Waals surface area contributed by atoms with Gasteiger partial charge in [-0.2, -0.15) is 11.8 Å². The van der Waals surface area contributed by atoms with Gasteiger partial charge >= 0.3 is 0 Å². The summed E-state index contributed by atoms with van der Waals surface area (Å²) in [6.07, 6.45) is 8.09. The van der Waals surface area contributed by atoms with Crippen molar-refractivity contribution < 1.29 is 9.59 Å². The Morgan fingerprint density at radius 3 is 1.98 bits per heavy atom. The van der Waals surface area contributed by atoms with Crippen LogP contribution in [0.1, 0.15) is 70.6 Å². The van der Waals surface area contributed by atoms with E-state index in [2.05, 4.69) is 41.2 Å². The second-order valence-electron chi connectivity index (χ2n) is 9.94. The number of guanidine groups is 2. The highest BCUT2D eigenvalue weighted by atomic mass is 32.2. The molecule has 230 valence electrons. The maximum absolute atomic E-state index is 12.7. The first-order valence-electron chi connectivity index (χ1n) is 14.8. The molecule has 0 saturated carbocycles. The number of carbonyl (C=O) groups is 2. The van der Waals surface area contributed by atoms with Gasteiger partial charge in [0.2, 0.25) is 0 Å². The second kappa shape index (κ2) is 19.9. The van der Waals surface area contributed by atoms with Crippen LogP contribution in [0.4, 0.5) is 0 Å². The number of aryl methyl sites for hydroxylation is 1. The number of imidazole rings is 1. The lowest BCUT2D eigenvalue weighted by Gasteiger charge is -2.12. The summed E-state index contributed by atoms with van der Waals surface area (Å²) in [5.74, 6) is 2.37. The van der Waals surface area contributed by atoms with Crippen molar-refractivity contribution in [2.24, 2.45) is 9.98 Å². The molecule has 0 bridgehead atoms. The number of hydrogen-bond acceptors (Lipinski definition) is 6. The third-order valence-corrected chi connectivity index (χ3v) is 7.59. The number of aromatic amines is 1. The molecule has 0 aliphatic heterocycles. The first kappa shape index (κ1) is 33.4. The molecule has 1 aromatic heterocycles. The predicted molar refractivity (Wildman–Crippen MR) is 177 cm³/mol. The summed E-state index contributed by atoms with van der Waals surface area (Å²) in [6, 6.07) is 18.3. The van der Waals surface area contributed by atoms with Crippen molar-refractivity contribution in [2.75, 3.05) is 32.4 Å². The van der Waals surface area contributed by atoms with Gasteiger partial charge in [0.25, 0.3) is 11.8 Å². The molecule has 2 amide bonds. The molecule has 43 heavy (non-hydrogen) atoms. The van der Waals surface area contributed by atoms with Crippen LogP contribution in [0, 0.1) is 6.92 Å². The quantitative estimate of drug-likeness (QED) is 0.0916. The zero-order chi connectivity index (χ0) is 30.5. The van der Waals surface area contributed by atoms with Crippen molar-refractivity contribution in [3.63, 3.8) is 0 Å². The summed E-state index contributed by atoms with van der Waals surface area (Å²) in [7, 11) is 1.66. The molecule has 0 aliphatic carbocycles. The summed E-state index contributed by atoms with van der Waals surface area (Å²) >= 11 is 1.79. The molecule has 0 spiro atoms. The Morgan fingerprint density at radius 2 is 1.37 bits per heavy atom. The third-order valence-electron chi connectivity index (χ3n) is 6.62. The molecule has 1 heterocycles. The second-order valence-corrected chi connectivity index (χ2v) is 11.0. The first-order chi connectivity index (χ1) is 21.1. The van der Waals surface area contributed by atoms with Crippen molar-refractivity contribution in [3.05, 3.63) is 89.5 Å². The van der Waals surface area contributed by atoms with Gasteiger partial charge in [0.05, 0.1) is 12.0 Å². The molecule has 0 atom stereocenters. The lowest BCUT2D eigenvalue weighted by atomic mass is 10.1. The lowest BCUT2D eigenvalue weighted by Crippen LogP contribution is -2.42. The van der Waals surface area contributed by atoms with Gasteiger partial charge in [0.15, 0.2) is 11.9 Å². The van der Waals surface area contributed by atoms with E-state index < -0.39 is 0 Å². The van der Waals surface area contributed by atoms with E-state index in [-0.39, 0.29) is 11.8 Å². The maximum Gasteiger partial charge on any atom is 0.257 e. The Bertz CT molecular complexity index is 1290. The monoisotopic (exact) mass is 604 g/mol. The Labute approximate surface area is 259 Å². The number of rotatable bonds is 16. The predicted octanol–water partition coefficient (Wildman–Crippen LogP) is 4.67. The fourth-order valence-electron chi connectivity index (χ4n) is 4.14. The molecule has 0 unspecified atom stereocenters. The van der Waals surface area contributed by atoms with E-state index in [4.69, 9.17) is 0 Å². The van der Waals surface area contributed by atoms with Crippen LogP contribution in [0.2, 0.25) is 0 Å². The van der Waals surface area contributed by atoms with Crippen molar-refractivity contribution in [1.82, 2.24) is 31.2 Å². The summed E-state index contributed by atoms with van der Waals surface area (Å²) in [5.41, 5.74) is 3.37. The van der Waals surface area contributed by atoms with E-state index in [1.54, 1.807) is 49.4 Å². The van der Waals surface area contributed by atoms with Crippen molar-refractivity contribution >= 4 is 35.5 Å². The minimum atomic E-state index is -0.173. The van der Waals surface area contributed by atoms with Gasteiger partial charge < -0.3 is 15.6 Å². The highest BCUT2D eigenvalue weighted by Crippen LogP contribution is 2.11. The number of aliphatic imine (C=N–C) groups is 2. The van der Waals surface area contributed by atoms with Crippen LogP contribution >= 0.6 is 11.8 Å². The zero-order valence-electron chi connectivity index (χ0n) is 25.2. The summed E-state index contributed by atoms with van der Waals surface area (Å²) in [6.45, 7) is 4.12. The normalized spacial score (nSPS) is 11.7. The number of benzene rings is 2. The van der Waals surface area contributed by atoms with Gasteiger partial charge in [0, 0.05) is 55.0 Å². The van der Waals surface area contributed by atoms with E-state index in [0.717, 1.165) is 68.0 Å². The van der Waals surface area contributed by atoms with Gasteiger partial charge in [-0.05, 0) is 44.0 Å². The van der Waals surface area contributed by atoms with E-state index in [1.165, 1.54) is 0 Å². The molecule has 11 heteroatoms. The number of carbonyl (C=O) groups excluding carboxylic acids is 2. The molecule has 10 nitrogen and oxygen atoms in total. The fraction of sp³-hybridized carbons (Fsp3) is 0.406. The van der Waals surface area contributed by atoms with Crippen LogP contribution in [-0.4, -0.2) is 66.1 Å². The molecule has 3 aromatic rings. The highest BCUT2D eigenvalue weighted by molar-refractivity contribution is 7.98. The smallest absolute Gasteiger partial charge is 0.257 e. The lowest BCUT2D eigenvalue weighted by molar-refractivity contribution is 0.0967. The van der Waals surface area contributed by atoms with Crippen molar-refractivity contribution in [1.29, 1.82) is 0 Å². The molecule has 2 aromatic carbocycles. The van der Waals surface area contributed by atoms with Crippen molar-refractivity contribution in [2.45, 2.75) is 51.2 Å². The summed E-state index contributed by atoms with van der Waals surface area (Å²) < 4.78 is 0. The topological polar surface area (TPSA) is 136 Å². The van der Waals surface area contributed by atoms with Gasteiger partial charge in [-0.25, -0.2) is 4.98 Å². The zero-order valence-corrected chi connectivity index (χ0v) is 26.0. The summed E-state index contributed by atoms with van der Waals surface area (Å²) in [5, 5.41) is 12.3. The average molecular weight is 605 g/mol. The standard InChI is InChI=1S/C32H44N8O2S/c1-25-28(38-24-37-25)23-43-22-21-36-32(40-30(42)27-17-11-8-12-18-27)35-20-14-6-4-3-5-13-19-34-31(33-2)39-29(41)26-15-9-7-10-16-26/h7-12,15-18,24H,3-6,13-14,19-23H2,1-2H3,(H,37,38)(H2,33,34,39,41)(H2,35,36,40,42). The van der Waals surface area contributed by atoms with Crippen LogP contribution in [-0.2, 0) is 5.75 Å². The average Bonchev–Trinajstić information content (AvgIpc) is 3.45. The van der Waals surface area contributed by atoms with Crippen LogP contribution < -0.4 is 21.3 Å². The number of unbranched alkanes of at least 4 members (excludes halogenated alkanes) is 5. The maximum atomic E-state index is 12.7. The number of H-pyrrole nitrogens is 1. The van der Waals surface area contributed by atoms with E-state index in [0.29, 0.717) is 36.1 Å². The molecule has 0 fully saturated rings. The molecule has 3 rings (SSSR count). The van der Waals surface area contributed by atoms with Gasteiger partial charge in [0.1, 0.15) is 0 Å². The molecule has 5 N–H and O–H groups in total. The number of hydrogen-bond donors (Lipinski definition) is 5. The van der Waals surface area contributed by atoms with Gasteiger partial charge in [-0.3, -0.25) is 30.2 Å². The van der Waals surface area contributed by atoms with Crippen LogP contribution in [0.25, 0.3) is 0 Å². The minimum Gasteiger partial charge on any atom is -0.356 e. The van der Waals surface area contributed by atoms with E-state index >= 15 is 0 Å². The summed E-state index contributed by atoms with van der Waals surface area (Å²) in [4.78, 5) is 41.2. The van der Waals surface area contributed by atoms with E-state index in [9.17, 15) is 9.59 Å². The van der Waals surface area contributed by atoms with Gasteiger partial charge in [-0.1, -0.05) is 62.1 Å². The Morgan fingerprint density at radius 1 is 0.791 bits per heavy atom. The number of thioether (sulfide) groups is 1. The van der Waals surface area contributed by atoms with Crippen LogP contribution in [0.3, 0.4) is 0 Å². The Kier molecular flexibility index (Phi) is 15.5. The first-order valence-corrected chi connectivity index (χ1v) is 16.0. The molecule has 0 radical (unpaired) electrons. The number of nitrogens with one attached hydrogen (secondary N) is 5. The number of nitrogens with zero attached hydrogens (tertiary/aromatic N) is 3.